The van der Waals surface area contributed by atoms with Crippen molar-refractivity contribution in [3.63, 3.8) is 0 Å². The van der Waals surface area contributed by atoms with Crippen LogP contribution in [0.1, 0.15) is 44.9 Å². The predicted octanol–water partition coefficient (Wildman–Crippen LogP) is 3.06. The number of aromatic amines is 1. The Bertz CT molecular complexity index is 1020. The van der Waals surface area contributed by atoms with Crippen LogP contribution in [0.5, 0.6) is 0 Å². The van der Waals surface area contributed by atoms with E-state index >= 15 is 0 Å². The molecule has 0 radical (unpaired) electrons. The van der Waals surface area contributed by atoms with Gasteiger partial charge >= 0.3 is 5.97 Å². The predicted molar refractivity (Wildman–Crippen MR) is 103 cm³/mol. The van der Waals surface area contributed by atoms with Crippen LogP contribution < -0.4 is 0 Å². The molecule has 0 aliphatic carbocycles. The number of hydrogen-bond donors (Lipinski definition) is 1. The number of carbonyl (C=O) groups excluding carboxylic acids is 2. The van der Waals surface area contributed by atoms with Gasteiger partial charge in [0.05, 0.1) is 30.3 Å². The van der Waals surface area contributed by atoms with Gasteiger partial charge in [0.1, 0.15) is 11.5 Å². The van der Waals surface area contributed by atoms with Gasteiger partial charge in [0.2, 0.25) is 0 Å². The molecule has 0 unspecified atom stereocenters. The smallest absolute Gasteiger partial charge is 0.339 e. The summed E-state index contributed by atoms with van der Waals surface area (Å²) >= 11 is 0. The van der Waals surface area contributed by atoms with Crippen LogP contribution in [0, 0.1) is 13.8 Å². The molecule has 0 fully saturated rings. The molecular weight excluding hydrogens is 344 g/mol. The Kier molecular flexibility index (Phi) is 5.03. The Balaban J connectivity index is 1.90. The summed E-state index contributed by atoms with van der Waals surface area (Å²) in [4.78, 5) is 34.2. The maximum Gasteiger partial charge on any atom is 0.339 e. The number of ether oxygens (including phenoxy) is 1. The van der Waals surface area contributed by atoms with E-state index in [1.807, 2.05) is 24.3 Å². The molecule has 7 heteroatoms. The number of esters is 1. The minimum Gasteiger partial charge on any atom is -0.465 e. The molecule has 7 nitrogen and oxygen atoms in total. The Labute approximate surface area is 157 Å². The van der Waals surface area contributed by atoms with Gasteiger partial charge < -0.3 is 19.2 Å². The number of rotatable bonds is 5. The second kappa shape index (κ2) is 7.26. The van der Waals surface area contributed by atoms with Crippen LogP contribution in [0.15, 0.2) is 24.3 Å². The Hall–Kier alpha value is -3.09. The van der Waals surface area contributed by atoms with E-state index in [9.17, 15) is 9.59 Å². The molecule has 0 saturated carbocycles. The van der Waals surface area contributed by atoms with E-state index < -0.39 is 5.97 Å². The summed E-state index contributed by atoms with van der Waals surface area (Å²) in [5, 5.41) is 0. The first-order valence-corrected chi connectivity index (χ1v) is 8.86. The van der Waals surface area contributed by atoms with Gasteiger partial charge in [0.25, 0.3) is 5.91 Å². The van der Waals surface area contributed by atoms with E-state index in [-0.39, 0.29) is 5.91 Å². The lowest BCUT2D eigenvalue weighted by molar-refractivity contribution is 0.0599. The summed E-state index contributed by atoms with van der Waals surface area (Å²) in [5.74, 6) is 0.180. The molecule has 142 valence electrons. The van der Waals surface area contributed by atoms with Crippen molar-refractivity contribution in [2.24, 2.45) is 0 Å². The number of amides is 1. The number of fused-ring (bicyclic) bond motifs is 1. The average molecular weight is 368 g/mol. The molecule has 0 bridgehead atoms. The Morgan fingerprint density at radius 1 is 1.26 bits per heavy atom. The first-order chi connectivity index (χ1) is 12.9. The normalized spacial score (nSPS) is 11.0. The zero-order valence-electron chi connectivity index (χ0n) is 16.3. The number of benzene rings is 1. The highest BCUT2D eigenvalue weighted by Crippen LogP contribution is 2.21. The zero-order chi connectivity index (χ0) is 19.7. The first kappa shape index (κ1) is 18.7. The molecule has 27 heavy (non-hydrogen) atoms. The molecule has 0 aliphatic heterocycles. The van der Waals surface area contributed by atoms with Crippen LogP contribution in [0.3, 0.4) is 0 Å². The summed E-state index contributed by atoms with van der Waals surface area (Å²) in [6, 6.07) is 7.92. The third kappa shape index (κ3) is 3.20. The SMILES string of the molecule is CCn1c(CN(C)C(=O)c2[nH]c(C)c(C(=O)OC)c2C)nc2ccccc21. The van der Waals surface area contributed by atoms with E-state index in [0.29, 0.717) is 29.1 Å². The molecule has 1 amide bonds. The van der Waals surface area contributed by atoms with Crippen molar-refractivity contribution in [3.05, 3.63) is 52.6 Å². The van der Waals surface area contributed by atoms with E-state index in [4.69, 9.17) is 4.74 Å². The molecule has 0 aliphatic rings. The number of methoxy groups -OCH3 is 1. The van der Waals surface area contributed by atoms with Crippen LogP contribution in [0.4, 0.5) is 0 Å². The molecule has 1 N–H and O–H groups in total. The fourth-order valence-electron chi connectivity index (χ4n) is 3.45. The van der Waals surface area contributed by atoms with Gasteiger partial charge in [-0.15, -0.1) is 0 Å². The van der Waals surface area contributed by atoms with E-state index in [2.05, 4.69) is 21.5 Å². The number of aromatic nitrogens is 3. The monoisotopic (exact) mass is 368 g/mol. The van der Waals surface area contributed by atoms with E-state index in [1.54, 1.807) is 25.8 Å². The van der Waals surface area contributed by atoms with Crippen molar-refractivity contribution < 1.29 is 14.3 Å². The third-order valence-electron chi connectivity index (χ3n) is 4.82. The number of nitrogens with one attached hydrogen (secondary N) is 1. The van der Waals surface area contributed by atoms with Crippen LogP contribution in [0.2, 0.25) is 0 Å². The van der Waals surface area contributed by atoms with Crippen molar-refractivity contribution >= 4 is 22.9 Å². The second-order valence-corrected chi connectivity index (χ2v) is 6.54. The molecule has 0 atom stereocenters. The molecule has 3 aromatic rings. The Morgan fingerprint density at radius 3 is 2.63 bits per heavy atom. The summed E-state index contributed by atoms with van der Waals surface area (Å²) < 4.78 is 6.92. The summed E-state index contributed by atoms with van der Waals surface area (Å²) in [7, 11) is 3.06. The maximum atomic E-state index is 13.0. The van der Waals surface area contributed by atoms with E-state index in [1.165, 1.54) is 7.11 Å². The zero-order valence-corrected chi connectivity index (χ0v) is 16.3. The number of para-hydroxylation sites is 2. The van der Waals surface area contributed by atoms with Crippen molar-refractivity contribution in [2.75, 3.05) is 14.2 Å². The second-order valence-electron chi connectivity index (χ2n) is 6.54. The van der Waals surface area contributed by atoms with Gasteiger partial charge in [-0.25, -0.2) is 9.78 Å². The van der Waals surface area contributed by atoms with Gasteiger partial charge in [-0.2, -0.15) is 0 Å². The number of H-pyrrole nitrogens is 1. The van der Waals surface area contributed by atoms with Gasteiger partial charge in [-0.3, -0.25) is 4.79 Å². The van der Waals surface area contributed by atoms with Gasteiger partial charge in [0, 0.05) is 19.3 Å². The highest BCUT2D eigenvalue weighted by molar-refractivity contribution is 6.00. The average Bonchev–Trinajstić information content (AvgIpc) is 3.16. The van der Waals surface area contributed by atoms with Gasteiger partial charge in [-0.1, -0.05) is 12.1 Å². The summed E-state index contributed by atoms with van der Waals surface area (Å²) in [6.45, 7) is 6.70. The minimum atomic E-state index is -0.448. The quantitative estimate of drug-likeness (QED) is 0.702. The van der Waals surface area contributed by atoms with Crippen molar-refractivity contribution in [1.29, 1.82) is 0 Å². The molecule has 2 heterocycles. The lowest BCUT2D eigenvalue weighted by Gasteiger charge is -2.17. The fraction of sp³-hybridized carbons (Fsp3) is 0.350. The number of aryl methyl sites for hydroxylation is 2. The number of imidazole rings is 1. The van der Waals surface area contributed by atoms with Crippen LogP contribution in [-0.2, 0) is 17.8 Å². The van der Waals surface area contributed by atoms with Crippen LogP contribution >= 0.6 is 0 Å². The molecular formula is C20H24N4O3. The van der Waals surface area contributed by atoms with Crippen molar-refractivity contribution in [1.82, 2.24) is 19.4 Å². The topological polar surface area (TPSA) is 80.2 Å². The lowest BCUT2D eigenvalue weighted by atomic mass is 10.1. The van der Waals surface area contributed by atoms with Crippen molar-refractivity contribution in [2.45, 2.75) is 33.9 Å². The summed E-state index contributed by atoms with van der Waals surface area (Å²) in [6.07, 6.45) is 0. The Morgan fingerprint density at radius 2 is 1.96 bits per heavy atom. The van der Waals surface area contributed by atoms with Gasteiger partial charge in [0.15, 0.2) is 0 Å². The molecule has 0 saturated heterocycles. The maximum absolute atomic E-state index is 13.0. The molecule has 1 aromatic carbocycles. The highest BCUT2D eigenvalue weighted by atomic mass is 16.5. The van der Waals surface area contributed by atoms with Gasteiger partial charge in [-0.05, 0) is 38.5 Å². The summed E-state index contributed by atoms with van der Waals surface area (Å²) in [5.41, 5.74) is 3.99. The molecule has 3 rings (SSSR count). The highest BCUT2D eigenvalue weighted by Gasteiger charge is 2.25. The lowest BCUT2D eigenvalue weighted by Crippen LogP contribution is -2.28. The fourth-order valence-corrected chi connectivity index (χ4v) is 3.45. The first-order valence-electron chi connectivity index (χ1n) is 8.86. The largest absolute Gasteiger partial charge is 0.465 e. The molecule has 2 aromatic heterocycles. The van der Waals surface area contributed by atoms with Crippen LogP contribution in [-0.4, -0.2) is 45.5 Å². The van der Waals surface area contributed by atoms with E-state index in [0.717, 1.165) is 23.4 Å². The number of carbonyl (C=O) groups is 2. The number of hydrogen-bond acceptors (Lipinski definition) is 4. The van der Waals surface area contributed by atoms with Crippen molar-refractivity contribution in [3.8, 4) is 0 Å². The third-order valence-corrected chi connectivity index (χ3v) is 4.82. The standard InChI is InChI=1S/C20H24N4O3/c1-6-24-15-10-8-7-9-14(15)22-16(24)11-23(4)19(25)18-12(2)17(13(3)21-18)20(26)27-5/h7-10,21H,6,11H2,1-5H3. The van der Waals surface area contributed by atoms with Crippen LogP contribution in [0.25, 0.3) is 11.0 Å². The number of nitrogens with zero attached hydrogens (tertiary/aromatic N) is 3. The molecule has 0 spiro atoms. The minimum absolute atomic E-state index is 0.194.